The van der Waals surface area contributed by atoms with E-state index in [4.69, 9.17) is 9.47 Å². The quantitative estimate of drug-likeness (QED) is 0.139. The Bertz CT molecular complexity index is 1440. The topological polar surface area (TPSA) is 58.8 Å². The number of carbonyl (C=O) groups excluding carboxylic acids is 2. The Morgan fingerprint density at radius 1 is 0.791 bits per heavy atom. The van der Waals surface area contributed by atoms with Crippen molar-refractivity contribution in [2.24, 2.45) is 0 Å². The van der Waals surface area contributed by atoms with E-state index in [1.807, 2.05) is 13.8 Å². The van der Waals surface area contributed by atoms with E-state index in [1.165, 1.54) is 33.9 Å². The largest absolute Gasteiger partial charge is 0.466 e. The second-order valence-corrected chi connectivity index (χ2v) is 12.1. The zero-order chi connectivity index (χ0) is 31.0. The standard InChI is InChI=1S/C37H47N2O4/c1-7-42-34(40)24-16-26-38-30-20-14-12-18-28(30)36(3,4)32(38)22-10-9-11-23-33-37(5,6)29-19-13-15-21-31(29)39(33)27-17-25-35(41)43-8-2/h9-15,18-23H,7-8,16-17,24-27H2,1-6H3/q+1. The van der Waals surface area contributed by atoms with E-state index in [0.717, 1.165) is 25.9 Å². The fraction of sp³-hybridized carbons (Fsp3) is 0.432. The monoisotopic (exact) mass is 583 g/mol. The molecule has 0 spiro atoms. The maximum Gasteiger partial charge on any atom is 0.306 e. The zero-order valence-electron chi connectivity index (χ0n) is 26.7. The van der Waals surface area contributed by atoms with Gasteiger partial charge in [0, 0.05) is 53.9 Å². The minimum atomic E-state index is -0.159. The highest BCUT2D eigenvalue weighted by Crippen LogP contribution is 2.47. The molecule has 2 aliphatic heterocycles. The molecule has 0 aromatic heterocycles. The smallest absolute Gasteiger partial charge is 0.306 e. The van der Waals surface area contributed by atoms with Gasteiger partial charge in [-0.3, -0.25) is 9.59 Å². The molecule has 0 radical (unpaired) electrons. The van der Waals surface area contributed by atoms with E-state index in [-0.39, 0.29) is 22.8 Å². The Morgan fingerprint density at radius 3 is 2.12 bits per heavy atom. The molecule has 2 heterocycles. The van der Waals surface area contributed by atoms with Crippen LogP contribution in [0.3, 0.4) is 0 Å². The van der Waals surface area contributed by atoms with Crippen LogP contribution in [0, 0.1) is 0 Å². The third kappa shape index (κ3) is 7.01. The van der Waals surface area contributed by atoms with Gasteiger partial charge >= 0.3 is 11.9 Å². The number of fused-ring (bicyclic) bond motifs is 2. The van der Waals surface area contributed by atoms with Crippen LogP contribution in [0.15, 0.2) is 84.6 Å². The van der Waals surface area contributed by atoms with E-state index in [0.29, 0.717) is 26.1 Å². The van der Waals surface area contributed by atoms with Gasteiger partial charge in [-0.1, -0.05) is 68.5 Å². The summed E-state index contributed by atoms with van der Waals surface area (Å²) in [4.78, 5) is 26.3. The van der Waals surface area contributed by atoms with Crippen molar-refractivity contribution in [2.45, 2.75) is 78.1 Å². The summed E-state index contributed by atoms with van der Waals surface area (Å²) in [5, 5.41) is 0. The summed E-state index contributed by atoms with van der Waals surface area (Å²) in [5.41, 5.74) is 7.09. The summed E-state index contributed by atoms with van der Waals surface area (Å²) in [6, 6.07) is 17.1. The van der Waals surface area contributed by atoms with E-state index >= 15 is 0 Å². The Labute approximate surface area is 257 Å². The molecule has 4 rings (SSSR count). The van der Waals surface area contributed by atoms with Crippen molar-refractivity contribution in [1.29, 1.82) is 0 Å². The SMILES string of the molecule is CCOC(=O)CCCN1/C(=C/C=C/C=C/C2=[N+](CCCC(=O)OCC)c3ccccc3C2(C)C)C(C)(C)c2ccccc21. The number of anilines is 1. The number of hydrogen-bond donors (Lipinski definition) is 0. The van der Waals surface area contributed by atoms with Crippen LogP contribution in [0.25, 0.3) is 0 Å². The molecule has 2 aliphatic rings. The summed E-state index contributed by atoms with van der Waals surface area (Å²) in [6.45, 7) is 15.0. The minimum Gasteiger partial charge on any atom is -0.466 e. The number of ether oxygens (including phenoxy) is 2. The molecular formula is C37H47N2O4+. The second kappa shape index (κ2) is 14.0. The van der Waals surface area contributed by atoms with Crippen LogP contribution in [-0.2, 0) is 29.9 Å². The number of carbonyl (C=O) groups is 2. The van der Waals surface area contributed by atoms with Gasteiger partial charge in [0.15, 0.2) is 5.71 Å². The van der Waals surface area contributed by atoms with E-state index < -0.39 is 0 Å². The highest BCUT2D eigenvalue weighted by atomic mass is 16.5. The van der Waals surface area contributed by atoms with Gasteiger partial charge in [-0.2, -0.15) is 4.58 Å². The molecular weight excluding hydrogens is 536 g/mol. The van der Waals surface area contributed by atoms with Crippen LogP contribution < -0.4 is 4.90 Å². The lowest BCUT2D eigenvalue weighted by Gasteiger charge is -2.27. The van der Waals surface area contributed by atoms with Crippen molar-refractivity contribution < 1.29 is 23.6 Å². The second-order valence-electron chi connectivity index (χ2n) is 12.1. The average molecular weight is 584 g/mol. The van der Waals surface area contributed by atoms with Gasteiger partial charge in [-0.05, 0) is 51.8 Å². The molecule has 0 N–H and O–H groups in total. The van der Waals surface area contributed by atoms with Crippen LogP contribution >= 0.6 is 0 Å². The number of nitrogens with zero attached hydrogens (tertiary/aromatic N) is 2. The molecule has 43 heavy (non-hydrogen) atoms. The fourth-order valence-corrected chi connectivity index (χ4v) is 6.35. The highest BCUT2D eigenvalue weighted by molar-refractivity contribution is 6.03. The van der Waals surface area contributed by atoms with Gasteiger partial charge in [-0.15, -0.1) is 0 Å². The van der Waals surface area contributed by atoms with Gasteiger partial charge in [0.1, 0.15) is 6.54 Å². The average Bonchev–Trinajstić information content (AvgIpc) is 3.32. The maximum atomic E-state index is 12.0. The number of benzene rings is 2. The van der Waals surface area contributed by atoms with Crippen LogP contribution in [0.4, 0.5) is 11.4 Å². The maximum absolute atomic E-state index is 12.0. The van der Waals surface area contributed by atoms with E-state index in [9.17, 15) is 9.59 Å². The molecule has 6 heteroatoms. The predicted octanol–water partition coefficient (Wildman–Crippen LogP) is 7.54. The first-order valence-electron chi connectivity index (χ1n) is 15.6. The third-order valence-electron chi connectivity index (χ3n) is 8.46. The van der Waals surface area contributed by atoms with Gasteiger partial charge in [0.25, 0.3) is 0 Å². The number of esters is 2. The number of para-hydroxylation sites is 2. The first-order valence-corrected chi connectivity index (χ1v) is 15.6. The normalized spacial score (nSPS) is 17.6. The van der Waals surface area contributed by atoms with E-state index in [2.05, 4.69) is 116 Å². The Kier molecular flexibility index (Phi) is 10.4. The Morgan fingerprint density at radius 2 is 1.42 bits per heavy atom. The molecule has 0 atom stereocenters. The van der Waals surface area contributed by atoms with Crippen molar-refractivity contribution in [3.63, 3.8) is 0 Å². The Hall–Kier alpha value is -3.93. The lowest BCUT2D eigenvalue weighted by atomic mass is 9.81. The van der Waals surface area contributed by atoms with Gasteiger partial charge in [0.2, 0.25) is 5.69 Å². The number of rotatable bonds is 13. The first kappa shape index (κ1) is 32.0. The highest BCUT2D eigenvalue weighted by Gasteiger charge is 2.44. The van der Waals surface area contributed by atoms with Gasteiger partial charge < -0.3 is 14.4 Å². The molecule has 6 nitrogen and oxygen atoms in total. The molecule has 0 bridgehead atoms. The van der Waals surface area contributed by atoms with Crippen molar-refractivity contribution >= 4 is 29.0 Å². The summed E-state index contributed by atoms with van der Waals surface area (Å²) in [5.74, 6) is -0.288. The minimum absolute atomic E-state index is 0.144. The van der Waals surface area contributed by atoms with E-state index in [1.54, 1.807) is 0 Å². The van der Waals surface area contributed by atoms with Crippen LogP contribution in [0.2, 0.25) is 0 Å². The van der Waals surface area contributed by atoms with Gasteiger partial charge in [-0.25, -0.2) is 0 Å². The molecule has 0 saturated heterocycles. The van der Waals surface area contributed by atoms with Crippen molar-refractivity contribution in [3.05, 3.63) is 95.7 Å². The molecule has 0 unspecified atom stereocenters. The molecule has 2 aromatic carbocycles. The summed E-state index contributed by atoms with van der Waals surface area (Å²) < 4.78 is 12.6. The predicted molar refractivity (Wildman–Crippen MR) is 174 cm³/mol. The molecule has 2 aromatic rings. The Balaban J connectivity index is 1.56. The van der Waals surface area contributed by atoms with Crippen LogP contribution in [-0.4, -0.2) is 48.5 Å². The zero-order valence-corrected chi connectivity index (χ0v) is 26.7. The molecule has 0 saturated carbocycles. The van der Waals surface area contributed by atoms with Gasteiger partial charge in [0.05, 0.1) is 25.0 Å². The van der Waals surface area contributed by atoms with Crippen molar-refractivity contribution in [1.82, 2.24) is 0 Å². The molecule has 228 valence electrons. The molecule has 0 aliphatic carbocycles. The van der Waals surface area contributed by atoms with Crippen molar-refractivity contribution in [3.8, 4) is 0 Å². The fourth-order valence-electron chi connectivity index (χ4n) is 6.35. The summed E-state index contributed by atoms with van der Waals surface area (Å²) >= 11 is 0. The van der Waals surface area contributed by atoms with Crippen LogP contribution in [0.5, 0.6) is 0 Å². The van der Waals surface area contributed by atoms with Crippen LogP contribution in [0.1, 0.15) is 78.4 Å². The van der Waals surface area contributed by atoms with Crippen molar-refractivity contribution in [2.75, 3.05) is 31.2 Å². The number of allylic oxidation sites excluding steroid dienone is 6. The lowest BCUT2D eigenvalue weighted by molar-refractivity contribution is -0.438. The number of hydrogen-bond acceptors (Lipinski definition) is 5. The lowest BCUT2D eigenvalue weighted by Crippen LogP contribution is -2.28. The molecule has 0 fully saturated rings. The third-order valence-corrected chi connectivity index (χ3v) is 8.46. The summed E-state index contributed by atoms with van der Waals surface area (Å²) in [6.07, 6.45) is 13.0. The first-order chi connectivity index (χ1) is 20.6. The molecule has 0 amide bonds. The summed E-state index contributed by atoms with van der Waals surface area (Å²) in [7, 11) is 0.